The number of aromatic carboxylic acids is 1. The number of nitrogens with two attached hydrogens (primary N) is 1. The van der Waals surface area contributed by atoms with Gasteiger partial charge in [0.25, 0.3) is 11.1 Å². The van der Waals surface area contributed by atoms with Crippen LogP contribution in [-0.4, -0.2) is 126 Å². The zero-order chi connectivity index (χ0) is 105. The molecule has 0 aliphatic heterocycles. The van der Waals surface area contributed by atoms with Crippen molar-refractivity contribution in [1.82, 2.24) is 19.9 Å². The number of aliphatic hydroxyl groups is 1. The average molecular weight is 1990 g/mol. The minimum Gasteiger partial charge on any atom is -0.499 e. The Kier molecular flexibility index (Phi) is 53.5. The van der Waals surface area contributed by atoms with Crippen LogP contribution in [-0.2, 0) is 112 Å². The highest BCUT2D eigenvalue weighted by molar-refractivity contribution is 6.80. The molecule has 29 heteroatoms. The van der Waals surface area contributed by atoms with Crippen LogP contribution in [0.1, 0.15) is 214 Å². The number of aromatic amines is 2. The maximum absolute atomic E-state index is 13.1. The topological polar surface area (TPSA) is 419 Å². The summed E-state index contributed by atoms with van der Waals surface area (Å²) in [7, 11) is 2.22. The first-order valence-corrected chi connectivity index (χ1v) is 45.2. The van der Waals surface area contributed by atoms with Crippen LogP contribution in [0, 0.1) is 31.6 Å². The minimum absolute atomic E-state index is 0. The normalized spacial score (nSPS) is 10.6. The Hall–Kier alpha value is -15.6. The molecule has 12 rings (SSSR count). The Labute approximate surface area is 850 Å². The number of H-pyrrole nitrogens is 2. The number of ketones is 2. The largest absolute Gasteiger partial charge is 0.499 e. The first kappa shape index (κ1) is 125. The van der Waals surface area contributed by atoms with Crippen LogP contribution in [0.4, 0.5) is 0 Å². The number of hydrogen-bond donors (Lipinski definition) is 6. The van der Waals surface area contributed by atoms with Gasteiger partial charge in [-0.15, -0.1) is 0 Å². The van der Waals surface area contributed by atoms with E-state index in [1.165, 1.54) is 30.5 Å². The van der Waals surface area contributed by atoms with Gasteiger partial charge >= 0.3 is 41.1 Å². The van der Waals surface area contributed by atoms with Crippen LogP contribution in [0.3, 0.4) is 0 Å². The van der Waals surface area contributed by atoms with E-state index in [9.17, 15) is 63.0 Å². The van der Waals surface area contributed by atoms with E-state index in [-0.39, 0.29) is 89.8 Å². The third-order valence-corrected chi connectivity index (χ3v) is 18.6. The van der Waals surface area contributed by atoms with Gasteiger partial charge in [0.05, 0.1) is 26.7 Å². The van der Waals surface area contributed by atoms with Crippen LogP contribution in [0.2, 0.25) is 0 Å². The smallest absolute Gasteiger partial charge is 0.417 e. The van der Waals surface area contributed by atoms with E-state index in [1.807, 2.05) is 244 Å². The molecule has 0 unspecified atom stereocenters. The number of aryl methyl sites for hydroxylation is 3. The lowest BCUT2D eigenvalue weighted by atomic mass is 9.94. The van der Waals surface area contributed by atoms with Crippen molar-refractivity contribution in [2.24, 2.45) is 11.1 Å². The predicted molar refractivity (Wildman–Crippen MR) is 565 cm³/mol. The lowest BCUT2D eigenvalue weighted by Gasteiger charge is -2.20. The quantitative estimate of drug-likeness (QED) is 0.00407. The van der Waals surface area contributed by atoms with Crippen molar-refractivity contribution >= 4 is 70.1 Å². The monoisotopic (exact) mass is 1990 g/mol. The summed E-state index contributed by atoms with van der Waals surface area (Å²) in [4.78, 5) is 139. The van der Waals surface area contributed by atoms with E-state index in [0.29, 0.717) is 30.7 Å². The van der Waals surface area contributed by atoms with Crippen molar-refractivity contribution in [3.05, 3.63) is 378 Å². The summed E-state index contributed by atoms with van der Waals surface area (Å²) in [6.45, 7) is 34.0. The van der Waals surface area contributed by atoms with E-state index in [2.05, 4.69) is 118 Å². The molecule has 0 aliphatic rings. The van der Waals surface area contributed by atoms with Crippen molar-refractivity contribution in [3.63, 3.8) is 0 Å². The molecule has 0 aliphatic carbocycles. The number of halogens is 1. The number of nitrogens with zero attached hydrogens (tertiary/aromatic N) is 2. The van der Waals surface area contributed by atoms with Gasteiger partial charge < -0.3 is 68.5 Å². The lowest BCUT2D eigenvalue weighted by Crippen LogP contribution is -2.29. The molecule has 2 heterocycles. The van der Waals surface area contributed by atoms with Gasteiger partial charge in [-0.25, -0.2) is 38.7 Å². The number of aromatic nitrogens is 4. The number of hydrogen-bond acceptors (Lipinski definition) is 24. The number of carboxylic acid groups (broad SMARTS) is 1. The van der Waals surface area contributed by atoms with Gasteiger partial charge in [-0.05, 0) is 196 Å². The predicted octanol–water partition coefficient (Wildman–Crippen LogP) is 22.7. The molecule has 0 atom stereocenters. The van der Waals surface area contributed by atoms with Gasteiger partial charge in [0.15, 0.2) is 23.0 Å². The number of carbonyl (C=O) groups is 9. The van der Waals surface area contributed by atoms with Crippen LogP contribution in [0.15, 0.2) is 288 Å². The number of ether oxygens (including phenoxy) is 9. The molecule has 0 radical (unpaired) electrons. The highest BCUT2D eigenvalue weighted by atomic mass is 35.5. The third kappa shape index (κ3) is 46.7. The summed E-state index contributed by atoms with van der Waals surface area (Å²) in [5.41, 5.74) is 18.9. The number of aliphatic hydroxyl groups excluding tert-OH is 1. The fourth-order valence-corrected chi connectivity index (χ4v) is 12.5. The summed E-state index contributed by atoms with van der Waals surface area (Å²) in [6, 6.07) is 85.9. The Morgan fingerprint density at radius 2 is 0.701 bits per heavy atom. The molecule has 12 aromatic rings. The number of carboxylic acids is 1. The van der Waals surface area contributed by atoms with E-state index in [0.717, 1.165) is 86.5 Å². The molecule has 768 valence electrons. The van der Waals surface area contributed by atoms with Crippen molar-refractivity contribution < 1.29 is 96.0 Å². The first-order chi connectivity index (χ1) is 66.5. The van der Waals surface area contributed by atoms with Crippen LogP contribution >= 0.6 is 11.6 Å². The van der Waals surface area contributed by atoms with E-state index < -0.39 is 92.0 Å². The maximum atomic E-state index is 13.1. The number of rotatable bonds is 27. The molecule has 0 bridgehead atoms. The van der Waals surface area contributed by atoms with Gasteiger partial charge in [-0.2, -0.15) is 0 Å². The lowest BCUT2D eigenvalue weighted by molar-refractivity contribution is -0.173. The second kappa shape index (κ2) is 61.9. The first-order valence-electron chi connectivity index (χ1n) is 44.8. The van der Waals surface area contributed by atoms with Crippen molar-refractivity contribution in [2.75, 3.05) is 20.8 Å². The molecule has 7 N–H and O–H groups in total. The zero-order valence-corrected chi connectivity index (χ0v) is 84.2. The number of Topliss-reactive ketones (excluding diaryl/α,β-unsaturated/α-hetero) is 2. The Morgan fingerprint density at radius 1 is 0.396 bits per heavy atom. The van der Waals surface area contributed by atoms with Gasteiger partial charge in [0.1, 0.15) is 54.9 Å². The molecule has 0 fully saturated rings. The molecule has 0 spiro atoms. The van der Waals surface area contributed by atoms with E-state index >= 15 is 0 Å². The van der Waals surface area contributed by atoms with Gasteiger partial charge in [0.2, 0.25) is 23.0 Å². The third-order valence-electron chi connectivity index (χ3n) is 18.4. The van der Waals surface area contributed by atoms with Gasteiger partial charge in [0, 0.05) is 26.2 Å². The van der Waals surface area contributed by atoms with Crippen LogP contribution in [0.25, 0.3) is 33.4 Å². The fraction of sp³-hybridized carbons (Fsp3) is 0.304. The molecule has 2 aromatic heterocycles. The summed E-state index contributed by atoms with van der Waals surface area (Å²) in [5, 5.41) is 25.8. The molecular formula is C115H139ClN6O22. The van der Waals surface area contributed by atoms with Crippen molar-refractivity contribution in [1.29, 1.82) is 5.41 Å². The molecule has 0 saturated carbocycles. The van der Waals surface area contributed by atoms with Crippen molar-refractivity contribution in [3.8, 4) is 44.9 Å². The fourth-order valence-electron chi connectivity index (χ4n) is 12.4. The van der Waals surface area contributed by atoms with Crippen LogP contribution < -0.4 is 26.3 Å². The number of carbonyl (C=O) groups excluding carboxylic acids is 8. The average Bonchev–Trinajstić information content (AvgIpc) is 0.800. The van der Waals surface area contributed by atoms with E-state index in [1.54, 1.807) is 62.3 Å². The Bertz CT molecular complexity index is 6310. The number of esters is 5. The highest BCUT2D eigenvalue weighted by Crippen LogP contribution is 2.32. The number of allylic oxidation sites excluding steroid dienone is 1. The van der Waals surface area contributed by atoms with Gasteiger partial charge in [-0.1, -0.05) is 317 Å². The summed E-state index contributed by atoms with van der Waals surface area (Å²) in [6.07, 6.45) is 1.11. The standard InChI is InChI=1S/C30H30N2O4.C26H22N2O4.C16H20O5.C15H16N2.C10H12O2.C7H12O4.C5H12.C3H3ClO3.3CH4/c1-20-12-8-10-16-23(20)24-17-11-9-15-22(24)18-25-31-26(29(34)36-30(2,3)4)27(28(33)32-25)35-19-21-13-6-5-7-14-21;1-17-9-5-7-13-20(17)21-14-8-6-12-19(21)15-22-27-23(26(30)31)24(25(29)28-22)32-16-18-10-3-2-4-11-18;1-11(17)14(13(18)15(19)21-16(2,3)4)20-10-12-8-6-5-7-9-12;1-11-6-2-4-8-13(11)14-9-5-3-7-12(14)10-15(16)17;1-9(11)7-12-8-10-5-3-2-4-6-10;1-7(2,3)11-6(9)5(8)10-4;1-5(2,3)4;1-7-3(6)2(4)5;;;/h5-17H,18-19H2,1-4H3,(H,31,32,33);2-14H,15-16H2,1H3,(H,30,31)(H,27,28,29);5-9,18H,10H2,1-4H3;2-9H,10H2,1H3,(H3,16,17);2-6H,7-8H2,1H3;1-4H3;1-4H3;1H3;3*1H4/b;;14-13+;;;;;;;;. The van der Waals surface area contributed by atoms with Crippen molar-refractivity contribution in [2.45, 2.75) is 209 Å². The van der Waals surface area contributed by atoms with Crippen LogP contribution in [0.5, 0.6) is 11.5 Å². The molecule has 28 nitrogen and oxygen atoms in total. The summed E-state index contributed by atoms with van der Waals surface area (Å²) in [5.74, 6) is -7.27. The second-order valence-corrected chi connectivity index (χ2v) is 36.5. The van der Waals surface area contributed by atoms with Gasteiger partial charge in [-0.3, -0.25) is 29.4 Å². The highest BCUT2D eigenvalue weighted by Gasteiger charge is 2.30. The molecule has 10 aromatic carbocycles. The molecule has 144 heavy (non-hydrogen) atoms. The molecular weight excluding hydrogens is 1850 g/mol. The molecule has 0 saturated heterocycles. The minimum atomic E-state index is -1.31. The Morgan fingerprint density at radius 3 is 1.02 bits per heavy atom. The molecule has 0 amide bonds. The number of methoxy groups -OCH3 is 2. The number of nitrogens with one attached hydrogen (secondary N) is 3. The number of benzene rings is 10. The summed E-state index contributed by atoms with van der Waals surface area (Å²) < 4.78 is 45.0. The maximum Gasteiger partial charge on any atom is 0.417 e. The number of amidine groups is 1. The SMILES string of the molecule is C.C.C.CC(=O)/C(OCc1ccccc1)=C(\O)C(=O)OC(C)(C)C.CC(=O)COCc1ccccc1.CC(C)(C)C.COC(=O)C(=O)Cl.COC(=O)C(=O)OC(C)(C)C.Cc1ccccc1-c1ccccc1CC(=N)N.Cc1ccccc1-c1ccccc1Cc1nc(C(=O)O)c(OCc2ccccc2)c(=O)[nH]1.Cc1ccccc1-c1ccccc1Cc1nc(C(=O)OC(C)(C)C)c(OCc2ccccc2)c(=O)[nH]1. The second-order valence-electron chi connectivity index (χ2n) is 36.2. The Balaban J connectivity index is 0.000000592. The van der Waals surface area contributed by atoms with E-state index in [4.69, 9.17) is 39.6 Å². The zero-order valence-electron chi connectivity index (χ0n) is 83.5. The summed E-state index contributed by atoms with van der Waals surface area (Å²) >= 11 is 4.61.